The predicted octanol–water partition coefficient (Wildman–Crippen LogP) is 24.4. The molecular formula is C83H55N3S2. The second kappa shape index (κ2) is 19.7. The smallest absolute Gasteiger partial charge is 0.0561 e. The Labute approximate surface area is 518 Å². The highest BCUT2D eigenvalue weighted by Crippen LogP contribution is 2.53. The molecule has 0 saturated heterocycles. The Bertz CT molecular complexity index is 5680. The number of hydrogen-bond acceptors (Lipinski definition) is 4. The fourth-order valence-electron chi connectivity index (χ4n) is 14.6. The number of anilines is 6. The van der Waals surface area contributed by atoms with Gasteiger partial charge in [0.1, 0.15) is 0 Å². The molecule has 3 aromatic heterocycles. The third-order valence-corrected chi connectivity index (χ3v) is 21.2. The standard InChI is InChI=1S/C83H55N3S2/c1-83(2)72-31-15-12-27-60(72)61-41-38-57(50-73(61)83)86(74-32-16-13-26-59(74)52-20-6-3-7-21-52)76-34-19-30-68-65(76)44-46-70-71-48-53(37-47-80(71)88-82(68)70)54-36-40-62-63-42-39-58(51-78(63)85(77(62)49-54)56-24-10-5-11-25-56)84(55-22-8-4-9-23-55)75-33-18-29-67-64(75)43-45-69-66-28-14-17-35-79(66)87-81(67)69/h3-51H,1-2H3. The molecule has 3 heterocycles. The van der Waals surface area contributed by atoms with Crippen molar-refractivity contribution in [3.63, 3.8) is 0 Å². The summed E-state index contributed by atoms with van der Waals surface area (Å²) in [7, 11) is 0. The van der Waals surface area contributed by atoms with Crippen LogP contribution in [0.5, 0.6) is 0 Å². The van der Waals surface area contributed by atoms with Gasteiger partial charge in [0.15, 0.2) is 0 Å². The minimum atomic E-state index is -0.150. The van der Waals surface area contributed by atoms with E-state index >= 15 is 0 Å². The summed E-state index contributed by atoms with van der Waals surface area (Å²) in [5.41, 5.74) is 20.2. The molecule has 3 nitrogen and oxygen atoms in total. The second-order valence-corrected chi connectivity index (χ2v) is 26.0. The van der Waals surface area contributed by atoms with Crippen molar-refractivity contribution in [2.45, 2.75) is 19.3 Å². The average Bonchev–Trinajstić information content (AvgIpc) is 2.20. The summed E-state index contributed by atoms with van der Waals surface area (Å²) in [4.78, 5) is 4.96. The summed E-state index contributed by atoms with van der Waals surface area (Å²) in [6, 6.07) is 111. The number of aromatic nitrogens is 1. The minimum absolute atomic E-state index is 0.150. The third-order valence-electron chi connectivity index (χ3n) is 18.8. The van der Waals surface area contributed by atoms with Gasteiger partial charge in [-0.25, -0.2) is 0 Å². The molecule has 0 saturated carbocycles. The molecule has 0 amide bonds. The maximum atomic E-state index is 2.51. The molecule has 17 aromatic rings. The van der Waals surface area contributed by atoms with Crippen molar-refractivity contribution in [3.05, 3.63) is 308 Å². The minimum Gasteiger partial charge on any atom is -0.310 e. The van der Waals surface area contributed by atoms with E-state index in [1.807, 2.05) is 22.7 Å². The number of rotatable bonds is 9. The van der Waals surface area contributed by atoms with Gasteiger partial charge in [-0.05, 0) is 130 Å². The van der Waals surface area contributed by atoms with Crippen LogP contribution in [-0.2, 0) is 5.41 Å². The molecule has 5 heteroatoms. The van der Waals surface area contributed by atoms with Crippen molar-refractivity contribution in [2.24, 2.45) is 0 Å². The van der Waals surface area contributed by atoms with Crippen LogP contribution >= 0.6 is 22.7 Å². The van der Waals surface area contributed by atoms with Crippen molar-refractivity contribution in [3.8, 4) is 39.1 Å². The predicted molar refractivity (Wildman–Crippen MR) is 379 cm³/mol. The Balaban J connectivity index is 0.772. The first kappa shape index (κ1) is 50.7. The van der Waals surface area contributed by atoms with Crippen LogP contribution in [0.1, 0.15) is 25.0 Å². The quantitative estimate of drug-likeness (QED) is 0.143. The lowest BCUT2D eigenvalue weighted by Crippen LogP contribution is -2.17. The van der Waals surface area contributed by atoms with E-state index in [2.05, 4.69) is 325 Å². The van der Waals surface area contributed by atoms with Gasteiger partial charge < -0.3 is 14.4 Å². The van der Waals surface area contributed by atoms with Gasteiger partial charge in [-0.3, -0.25) is 0 Å². The molecule has 0 unspecified atom stereocenters. The highest BCUT2D eigenvalue weighted by molar-refractivity contribution is 7.27. The normalized spacial score (nSPS) is 12.8. The molecule has 0 aliphatic heterocycles. The molecule has 1 aliphatic rings. The number of thiophene rings is 2. The van der Waals surface area contributed by atoms with Crippen LogP contribution < -0.4 is 9.80 Å². The van der Waals surface area contributed by atoms with E-state index in [9.17, 15) is 0 Å². The van der Waals surface area contributed by atoms with Gasteiger partial charge >= 0.3 is 0 Å². The van der Waals surface area contributed by atoms with E-state index in [1.54, 1.807) is 0 Å². The van der Waals surface area contributed by atoms with E-state index in [0.29, 0.717) is 0 Å². The van der Waals surface area contributed by atoms with E-state index < -0.39 is 0 Å². The van der Waals surface area contributed by atoms with Gasteiger partial charge in [0.25, 0.3) is 0 Å². The van der Waals surface area contributed by atoms with Gasteiger partial charge in [-0.15, -0.1) is 22.7 Å². The van der Waals surface area contributed by atoms with Crippen LogP contribution in [0.25, 0.3) is 123 Å². The van der Waals surface area contributed by atoms with Crippen molar-refractivity contribution in [1.29, 1.82) is 0 Å². The maximum Gasteiger partial charge on any atom is 0.0561 e. The topological polar surface area (TPSA) is 11.4 Å². The Kier molecular flexibility index (Phi) is 11.4. The summed E-state index contributed by atoms with van der Waals surface area (Å²) in [6.07, 6.45) is 0. The highest BCUT2D eigenvalue weighted by atomic mass is 32.1. The first-order valence-electron chi connectivity index (χ1n) is 30.3. The van der Waals surface area contributed by atoms with Gasteiger partial charge in [0.05, 0.1) is 28.1 Å². The molecule has 0 bridgehead atoms. The molecule has 1 aliphatic carbocycles. The van der Waals surface area contributed by atoms with Crippen molar-refractivity contribution >= 4 is 140 Å². The Morgan fingerprint density at radius 2 is 0.784 bits per heavy atom. The molecule has 0 atom stereocenters. The molecule has 14 aromatic carbocycles. The van der Waals surface area contributed by atoms with E-state index in [1.165, 1.54) is 123 Å². The summed E-state index contributed by atoms with van der Waals surface area (Å²) in [5, 5.41) is 12.6. The monoisotopic (exact) mass is 1160 g/mol. The van der Waals surface area contributed by atoms with Crippen molar-refractivity contribution in [1.82, 2.24) is 4.57 Å². The van der Waals surface area contributed by atoms with Crippen molar-refractivity contribution in [2.75, 3.05) is 9.80 Å². The van der Waals surface area contributed by atoms with Gasteiger partial charge in [0.2, 0.25) is 0 Å². The molecule has 88 heavy (non-hydrogen) atoms. The van der Waals surface area contributed by atoms with E-state index in [-0.39, 0.29) is 5.41 Å². The van der Waals surface area contributed by atoms with Gasteiger partial charge in [-0.1, -0.05) is 220 Å². The summed E-state index contributed by atoms with van der Waals surface area (Å²) in [5.74, 6) is 0. The third kappa shape index (κ3) is 7.74. The molecule has 414 valence electrons. The SMILES string of the molecule is CC1(C)c2ccccc2-c2ccc(N(c3ccccc3-c3ccccc3)c3cccc4c3ccc3c5cc(-c6ccc7c8ccc(N(c9ccccc9)c9cccc%10c9ccc9c%11ccccc%11sc%109)cc8n(-c8ccccc8)c7c6)ccc5sc43)cc21. The van der Waals surface area contributed by atoms with Crippen LogP contribution in [0, 0.1) is 0 Å². The number of hydrogen-bond donors (Lipinski definition) is 0. The lowest BCUT2D eigenvalue weighted by atomic mass is 9.82. The van der Waals surface area contributed by atoms with Crippen LogP contribution in [0.2, 0.25) is 0 Å². The average molecular weight is 1160 g/mol. The second-order valence-electron chi connectivity index (χ2n) is 23.9. The Morgan fingerprint density at radius 3 is 1.55 bits per heavy atom. The summed E-state index contributed by atoms with van der Waals surface area (Å²) in [6.45, 7) is 4.75. The fourth-order valence-corrected chi connectivity index (χ4v) is 17.1. The van der Waals surface area contributed by atoms with Crippen LogP contribution in [0.4, 0.5) is 34.1 Å². The Morgan fingerprint density at radius 1 is 0.284 bits per heavy atom. The number of benzene rings is 14. The van der Waals surface area contributed by atoms with Crippen LogP contribution in [0.15, 0.2) is 297 Å². The van der Waals surface area contributed by atoms with Gasteiger partial charge in [0, 0.05) is 106 Å². The fraction of sp³-hybridized carbons (Fsp3) is 0.0361. The zero-order chi connectivity index (χ0) is 58.2. The summed E-state index contributed by atoms with van der Waals surface area (Å²) >= 11 is 3.78. The highest BCUT2D eigenvalue weighted by Gasteiger charge is 2.36. The van der Waals surface area contributed by atoms with E-state index in [4.69, 9.17) is 0 Å². The number of fused-ring (bicyclic) bond motifs is 16. The molecule has 18 rings (SSSR count). The number of para-hydroxylation sites is 3. The lowest BCUT2D eigenvalue weighted by molar-refractivity contribution is 0.660. The maximum absolute atomic E-state index is 2.51. The molecule has 0 fully saturated rings. The Hall–Kier alpha value is -10.6. The van der Waals surface area contributed by atoms with Crippen LogP contribution in [0.3, 0.4) is 0 Å². The van der Waals surface area contributed by atoms with Gasteiger partial charge in [-0.2, -0.15) is 0 Å². The van der Waals surface area contributed by atoms with Crippen molar-refractivity contribution < 1.29 is 0 Å². The largest absolute Gasteiger partial charge is 0.310 e. The molecule has 0 radical (unpaired) electrons. The zero-order valence-electron chi connectivity index (χ0n) is 48.4. The first-order valence-corrected chi connectivity index (χ1v) is 31.9. The molecular weight excluding hydrogens is 1100 g/mol. The summed E-state index contributed by atoms with van der Waals surface area (Å²) < 4.78 is 7.68. The van der Waals surface area contributed by atoms with Crippen LogP contribution in [-0.4, -0.2) is 4.57 Å². The first-order chi connectivity index (χ1) is 43.4. The number of nitrogens with zero attached hydrogens (tertiary/aromatic N) is 3. The molecule has 0 N–H and O–H groups in total. The zero-order valence-corrected chi connectivity index (χ0v) is 50.1. The van der Waals surface area contributed by atoms with E-state index in [0.717, 1.165) is 45.3 Å². The lowest BCUT2D eigenvalue weighted by Gasteiger charge is -2.30. The molecule has 0 spiro atoms.